The Labute approximate surface area is 157 Å². The molecule has 1 heterocycles. The smallest absolute Gasteiger partial charge is 0.227 e. The highest BCUT2D eigenvalue weighted by atomic mass is 35.5. The van der Waals surface area contributed by atoms with Crippen LogP contribution in [0.2, 0.25) is 5.02 Å². The van der Waals surface area contributed by atoms with Gasteiger partial charge in [0.15, 0.2) is 0 Å². The van der Waals surface area contributed by atoms with Crippen molar-refractivity contribution < 1.29 is 13.6 Å². The summed E-state index contributed by atoms with van der Waals surface area (Å²) in [6.07, 6.45) is 0.821. The summed E-state index contributed by atoms with van der Waals surface area (Å²) in [4.78, 5) is 16.6. The molecular formula is C20H21ClF2N2O. The summed E-state index contributed by atoms with van der Waals surface area (Å²) in [6.45, 7) is 3.55. The Morgan fingerprint density at radius 1 is 1.00 bits per heavy atom. The highest BCUT2D eigenvalue weighted by molar-refractivity contribution is 6.31. The largest absolute Gasteiger partial charge is 0.341 e. The van der Waals surface area contributed by atoms with E-state index in [-0.39, 0.29) is 28.7 Å². The molecule has 0 bridgehead atoms. The second-order valence-corrected chi connectivity index (χ2v) is 6.92. The lowest BCUT2D eigenvalue weighted by Gasteiger charge is -2.22. The van der Waals surface area contributed by atoms with Gasteiger partial charge in [0.25, 0.3) is 0 Å². The summed E-state index contributed by atoms with van der Waals surface area (Å²) >= 11 is 6.02. The van der Waals surface area contributed by atoms with Gasteiger partial charge in [-0.2, -0.15) is 0 Å². The van der Waals surface area contributed by atoms with Crippen LogP contribution in [0.5, 0.6) is 0 Å². The predicted molar refractivity (Wildman–Crippen MR) is 98.0 cm³/mol. The van der Waals surface area contributed by atoms with Gasteiger partial charge in [0.05, 0.1) is 6.42 Å². The summed E-state index contributed by atoms with van der Waals surface area (Å²) in [5, 5.41) is 0.283. The third-order valence-electron chi connectivity index (χ3n) is 4.65. The first-order chi connectivity index (χ1) is 12.5. The molecule has 6 heteroatoms. The zero-order valence-electron chi connectivity index (χ0n) is 14.4. The molecule has 2 aromatic carbocycles. The van der Waals surface area contributed by atoms with E-state index >= 15 is 0 Å². The molecule has 0 spiro atoms. The summed E-state index contributed by atoms with van der Waals surface area (Å²) in [6, 6.07) is 10.9. The van der Waals surface area contributed by atoms with Gasteiger partial charge >= 0.3 is 0 Å². The highest BCUT2D eigenvalue weighted by Crippen LogP contribution is 2.20. The number of benzene rings is 2. The molecule has 3 nitrogen and oxygen atoms in total. The predicted octanol–water partition coefficient (Wildman–Crippen LogP) is 3.90. The fraction of sp³-hybridized carbons (Fsp3) is 0.350. The van der Waals surface area contributed by atoms with Crippen LogP contribution in [0.4, 0.5) is 8.78 Å². The molecule has 0 unspecified atom stereocenters. The Kier molecular flexibility index (Phi) is 6.22. The van der Waals surface area contributed by atoms with Crippen LogP contribution in [-0.4, -0.2) is 41.9 Å². The van der Waals surface area contributed by atoms with E-state index in [4.69, 9.17) is 11.6 Å². The highest BCUT2D eigenvalue weighted by Gasteiger charge is 2.21. The first-order valence-electron chi connectivity index (χ1n) is 8.70. The molecular weight excluding hydrogens is 358 g/mol. The van der Waals surface area contributed by atoms with Crippen molar-refractivity contribution in [2.45, 2.75) is 19.4 Å². The molecule has 0 aliphatic carbocycles. The van der Waals surface area contributed by atoms with E-state index in [1.165, 1.54) is 24.3 Å². The van der Waals surface area contributed by atoms with E-state index in [1.54, 1.807) is 23.1 Å². The van der Waals surface area contributed by atoms with E-state index in [0.29, 0.717) is 13.1 Å². The van der Waals surface area contributed by atoms with Gasteiger partial charge in [-0.15, -0.1) is 0 Å². The van der Waals surface area contributed by atoms with E-state index in [2.05, 4.69) is 4.90 Å². The van der Waals surface area contributed by atoms with Gasteiger partial charge < -0.3 is 4.90 Å². The molecule has 0 N–H and O–H groups in total. The Bertz CT molecular complexity index is 747. The third-order valence-corrected chi connectivity index (χ3v) is 5.00. The van der Waals surface area contributed by atoms with Crippen LogP contribution in [-0.2, 0) is 17.8 Å². The molecule has 1 aliphatic rings. The number of hydrogen-bond donors (Lipinski definition) is 0. The van der Waals surface area contributed by atoms with Crippen molar-refractivity contribution in [3.8, 4) is 0 Å². The van der Waals surface area contributed by atoms with Crippen LogP contribution in [0.3, 0.4) is 0 Å². The maximum Gasteiger partial charge on any atom is 0.227 e. The van der Waals surface area contributed by atoms with E-state index < -0.39 is 5.82 Å². The van der Waals surface area contributed by atoms with Gasteiger partial charge in [-0.05, 0) is 36.2 Å². The average Bonchev–Trinajstić information content (AvgIpc) is 2.86. The maximum atomic E-state index is 13.9. The number of amides is 1. The lowest BCUT2D eigenvalue weighted by molar-refractivity contribution is -0.130. The number of nitrogens with zero attached hydrogens (tertiary/aromatic N) is 2. The molecule has 138 valence electrons. The Hall–Kier alpha value is -1.98. The fourth-order valence-corrected chi connectivity index (χ4v) is 3.42. The van der Waals surface area contributed by atoms with Gasteiger partial charge in [0.2, 0.25) is 5.91 Å². The monoisotopic (exact) mass is 378 g/mol. The minimum Gasteiger partial charge on any atom is -0.341 e. The van der Waals surface area contributed by atoms with E-state index in [9.17, 15) is 13.6 Å². The topological polar surface area (TPSA) is 23.6 Å². The van der Waals surface area contributed by atoms with Crippen molar-refractivity contribution in [2.75, 3.05) is 26.2 Å². The molecule has 0 atom stereocenters. The first kappa shape index (κ1) is 18.8. The Morgan fingerprint density at radius 3 is 2.50 bits per heavy atom. The van der Waals surface area contributed by atoms with Gasteiger partial charge in [-0.1, -0.05) is 29.8 Å². The van der Waals surface area contributed by atoms with Crippen molar-refractivity contribution in [2.24, 2.45) is 0 Å². The second kappa shape index (κ2) is 8.60. The van der Waals surface area contributed by atoms with Crippen molar-refractivity contribution in [1.82, 2.24) is 9.80 Å². The molecule has 1 fully saturated rings. The number of hydrogen-bond acceptors (Lipinski definition) is 2. The summed E-state index contributed by atoms with van der Waals surface area (Å²) < 4.78 is 26.9. The van der Waals surface area contributed by atoms with Gasteiger partial charge in [-0.3, -0.25) is 9.69 Å². The number of halogens is 3. The summed E-state index contributed by atoms with van der Waals surface area (Å²) in [7, 11) is 0. The Morgan fingerprint density at radius 2 is 1.77 bits per heavy atom. The molecule has 26 heavy (non-hydrogen) atoms. The minimum atomic E-state index is -0.446. The lowest BCUT2D eigenvalue weighted by atomic mass is 10.1. The molecule has 2 aromatic rings. The van der Waals surface area contributed by atoms with Gasteiger partial charge in [-0.25, -0.2) is 8.78 Å². The van der Waals surface area contributed by atoms with Crippen molar-refractivity contribution in [3.05, 3.63) is 70.2 Å². The summed E-state index contributed by atoms with van der Waals surface area (Å²) in [5.41, 5.74) is 1.30. The first-order valence-corrected chi connectivity index (χ1v) is 9.08. The minimum absolute atomic E-state index is 0.0243. The van der Waals surface area contributed by atoms with Crippen molar-refractivity contribution in [3.63, 3.8) is 0 Å². The van der Waals surface area contributed by atoms with Crippen LogP contribution >= 0.6 is 11.6 Å². The van der Waals surface area contributed by atoms with E-state index in [1.807, 2.05) is 0 Å². The molecule has 0 aromatic heterocycles. The van der Waals surface area contributed by atoms with Crippen LogP contribution in [0, 0.1) is 11.6 Å². The third kappa shape index (κ3) is 4.80. The van der Waals surface area contributed by atoms with E-state index in [0.717, 1.165) is 31.6 Å². The van der Waals surface area contributed by atoms with Crippen molar-refractivity contribution in [1.29, 1.82) is 0 Å². The molecule has 1 amide bonds. The standard InChI is InChI=1S/C20H21ClF2N2O/c21-18-3-1-4-19(23)17(18)13-20(26)25-10-2-9-24(11-12-25)14-15-5-7-16(22)8-6-15/h1,3-8H,2,9-14H2. The molecule has 1 saturated heterocycles. The van der Waals surface area contributed by atoms with Gasteiger partial charge in [0, 0.05) is 43.3 Å². The lowest BCUT2D eigenvalue weighted by Crippen LogP contribution is -2.36. The molecule has 1 aliphatic heterocycles. The summed E-state index contributed by atoms with van der Waals surface area (Å²) in [5.74, 6) is -0.799. The van der Waals surface area contributed by atoms with Crippen molar-refractivity contribution >= 4 is 17.5 Å². The zero-order valence-corrected chi connectivity index (χ0v) is 15.2. The molecule has 3 rings (SSSR count). The van der Waals surface area contributed by atoms with Crippen LogP contribution in [0.15, 0.2) is 42.5 Å². The quantitative estimate of drug-likeness (QED) is 0.805. The number of carbonyl (C=O) groups is 1. The molecule has 0 saturated carbocycles. The SMILES string of the molecule is O=C(Cc1c(F)cccc1Cl)N1CCCN(Cc2ccc(F)cc2)CC1. The average molecular weight is 379 g/mol. The van der Waals surface area contributed by atoms with Crippen LogP contribution < -0.4 is 0 Å². The number of rotatable bonds is 4. The second-order valence-electron chi connectivity index (χ2n) is 6.51. The fourth-order valence-electron chi connectivity index (χ4n) is 3.19. The van der Waals surface area contributed by atoms with Crippen LogP contribution in [0.25, 0.3) is 0 Å². The normalized spacial score (nSPS) is 15.7. The van der Waals surface area contributed by atoms with Crippen LogP contribution in [0.1, 0.15) is 17.5 Å². The zero-order chi connectivity index (χ0) is 18.5. The van der Waals surface area contributed by atoms with Gasteiger partial charge in [0.1, 0.15) is 11.6 Å². The maximum absolute atomic E-state index is 13.9. The number of carbonyl (C=O) groups excluding carboxylic acids is 1. The molecule has 0 radical (unpaired) electrons. The Balaban J connectivity index is 1.57.